The van der Waals surface area contributed by atoms with Gasteiger partial charge in [-0.1, -0.05) is 12.1 Å². The Morgan fingerprint density at radius 3 is 2.69 bits per heavy atom. The van der Waals surface area contributed by atoms with Gasteiger partial charge < -0.3 is 10.6 Å². The van der Waals surface area contributed by atoms with Crippen LogP contribution in [0.3, 0.4) is 0 Å². The maximum atomic E-state index is 8.96. The van der Waals surface area contributed by atoms with Gasteiger partial charge >= 0.3 is 0 Å². The molecule has 0 aliphatic heterocycles. The number of hydrogen-bond acceptors (Lipinski definition) is 3. The molecule has 2 N–H and O–H groups in total. The molecule has 1 aliphatic rings. The summed E-state index contributed by atoms with van der Waals surface area (Å²) in [6.07, 6.45) is 2.55. The summed E-state index contributed by atoms with van der Waals surface area (Å²) in [5, 5.41) is 15.6. The minimum atomic E-state index is 0.414. The highest BCUT2D eigenvalue weighted by Crippen LogP contribution is 2.44. The second-order valence-electron chi connectivity index (χ2n) is 4.54. The van der Waals surface area contributed by atoms with Crippen LogP contribution in [0.2, 0.25) is 0 Å². The number of nitriles is 1. The average molecular weight is 215 g/mol. The van der Waals surface area contributed by atoms with Crippen molar-refractivity contribution in [1.29, 1.82) is 5.26 Å². The summed E-state index contributed by atoms with van der Waals surface area (Å²) in [5.41, 5.74) is 2.09. The molecule has 0 aromatic heterocycles. The fraction of sp³-hybridized carbons (Fsp3) is 0.462. The van der Waals surface area contributed by atoms with Gasteiger partial charge in [-0.05, 0) is 32.0 Å². The fourth-order valence-corrected chi connectivity index (χ4v) is 1.99. The van der Waals surface area contributed by atoms with Crippen LogP contribution in [-0.4, -0.2) is 20.1 Å². The highest BCUT2D eigenvalue weighted by Gasteiger charge is 2.41. The van der Waals surface area contributed by atoms with Crippen molar-refractivity contribution in [1.82, 2.24) is 5.32 Å². The normalized spacial score (nSPS) is 16.5. The second-order valence-corrected chi connectivity index (χ2v) is 4.54. The Kier molecular flexibility index (Phi) is 3.12. The molecule has 0 heterocycles. The minimum Gasteiger partial charge on any atom is -0.383 e. The summed E-state index contributed by atoms with van der Waals surface area (Å²) in [6, 6.07) is 9.87. The fourth-order valence-electron chi connectivity index (χ4n) is 1.99. The lowest BCUT2D eigenvalue weighted by atomic mass is 10.1. The van der Waals surface area contributed by atoms with E-state index < -0.39 is 0 Å². The van der Waals surface area contributed by atoms with Gasteiger partial charge in [-0.2, -0.15) is 5.26 Å². The number of rotatable bonds is 5. The van der Waals surface area contributed by atoms with E-state index in [1.54, 1.807) is 0 Å². The van der Waals surface area contributed by atoms with Gasteiger partial charge in [0, 0.05) is 18.5 Å². The molecule has 0 atom stereocenters. The standard InChI is InChI=1S/C13H17N3/c1-15-9-13(6-7-13)10-16-12-5-3-2-4-11(12)8-14/h2-5,15-16H,6-7,9-10H2,1H3. The van der Waals surface area contributed by atoms with Crippen LogP contribution in [0.1, 0.15) is 18.4 Å². The topological polar surface area (TPSA) is 47.8 Å². The van der Waals surface area contributed by atoms with Gasteiger partial charge in [-0.3, -0.25) is 0 Å². The van der Waals surface area contributed by atoms with Crippen LogP contribution in [0.5, 0.6) is 0 Å². The molecule has 1 saturated carbocycles. The molecule has 3 heteroatoms. The molecule has 0 bridgehead atoms. The Balaban J connectivity index is 1.97. The third-order valence-electron chi connectivity index (χ3n) is 3.21. The summed E-state index contributed by atoms with van der Waals surface area (Å²) in [6.45, 7) is 2.00. The van der Waals surface area contributed by atoms with Crippen LogP contribution in [-0.2, 0) is 0 Å². The van der Waals surface area contributed by atoms with Crippen LogP contribution in [0.15, 0.2) is 24.3 Å². The molecule has 0 unspecified atom stereocenters. The van der Waals surface area contributed by atoms with E-state index in [0.29, 0.717) is 5.41 Å². The van der Waals surface area contributed by atoms with Crippen molar-refractivity contribution < 1.29 is 0 Å². The molecule has 1 aliphatic carbocycles. The minimum absolute atomic E-state index is 0.414. The zero-order valence-corrected chi connectivity index (χ0v) is 9.59. The summed E-state index contributed by atoms with van der Waals surface area (Å²) in [4.78, 5) is 0. The molecule has 0 radical (unpaired) electrons. The highest BCUT2D eigenvalue weighted by molar-refractivity contribution is 5.57. The predicted octanol–water partition coefficient (Wildman–Crippen LogP) is 1.97. The third kappa shape index (κ3) is 2.34. The van der Waals surface area contributed by atoms with Crippen LogP contribution < -0.4 is 10.6 Å². The Hall–Kier alpha value is -1.53. The Morgan fingerprint density at radius 2 is 2.06 bits per heavy atom. The SMILES string of the molecule is CNCC1(CNc2ccccc2C#N)CC1. The lowest BCUT2D eigenvalue weighted by Crippen LogP contribution is -2.27. The van der Waals surface area contributed by atoms with Crippen molar-refractivity contribution in [3.8, 4) is 6.07 Å². The molecule has 0 spiro atoms. The molecule has 16 heavy (non-hydrogen) atoms. The predicted molar refractivity (Wildman–Crippen MR) is 65.2 cm³/mol. The molecule has 3 nitrogen and oxygen atoms in total. The summed E-state index contributed by atoms with van der Waals surface area (Å²) < 4.78 is 0. The molecule has 1 aromatic rings. The zero-order valence-electron chi connectivity index (χ0n) is 9.59. The maximum absolute atomic E-state index is 8.96. The van der Waals surface area contributed by atoms with Gasteiger partial charge in [0.1, 0.15) is 6.07 Å². The van der Waals surface area contributed by atoms with Crippen LogP contribution in [0.25, 0.3) is 0 Å². The largest absolute Gasteiger partial charge is 0.383 e. The summed E-state index contributed by atoms with van der Waals surface area (Å²) >= 11 is 0. The van der Waals surface area contributed by atoms with E-state index in [-0.39, 0.29) is 0 Å². The van der Waals surface area contributed by atoms with Crippen molar-refractivity contribution in [2.75, 3.05) is 25.5 Å². The number of nitrogens with one attached hydrogen (secondary N) is 2. The molecule has 1 fully saturated rings. The summed E-state index contributed by atoms with van der Waals surface area (Å²) in [5.74, 6) is 0. The van der Waals surface area contributed by atoms with Crippen LogP contribution >= 0.6 is 0 Å². The van der Waals surface area contributed by atoms with Gasteiger partial charge in [0.2, 0.25) is 0 Å². The Bertz CT molecular complexity index is 402. The first-order chi connectivity index (χ1) is 7.79. The number of nitrogens with zero attached hydrogens (tertiary/aromatic N) is 1. The van der Waals surface area contributed by atoms with Crippen molar-refractivity contribution in [2.24, 2.45) is 5.41 Å². The third-order valence-corrected chi connectivity index (χ3v) is 3.21. The number of para-hydroxylation sites is 1. The smallest absolute Gasteiger partial charge is 0.101 e. The van der Waals surface area contributed by atoms with Gasteiger partial charge in [0.25, 0.3) is 0 Å². The lowest BCUT2D eigenvalue weighted by molar-refractivity contribution is 0.507. The summed E-state index contributed by atoms with van der Waals surface area (Å²) in [7, 11) is 1.99. The lowest BCUT2D eigenvalue weighted by Gasteiger charge is -2.16. The monoisotopic (exact) mass is 215 g/mol. The van der Waals surface area contributed by atoms with Crippen molar-refractivity contribution in [2.45, 2.75) is 12.8 Å². The number of anilines is 1. The number of hydrogen-bond donors (Lipinski definition) is 2. The van der Waals surface area contributed by atoms with E-state index in [1.165, 1.54) is 12.8 Å². The number of benzene rings is 1. The zero-order chi connectivity index (χ0) is 11.4. The van der Waals surface area contributed by atoms with E-state index in [4.69, 9.17) is 5.26 Å². The molecule has 1 aromatic carbocycles. The second kappa shape index (κ2) is 4.54. The Morgan fingerprint density at radius 1 is 1.31 bits per heavy atom. The van der Waals surface area contributed by atoms with Gasteiger partial charge in [-0.15, -0.1) is 0 Å². The first kappa shape index (κ1) is 11.0. The van der Waals surface area contributed by atoms with Gasteiger partial charge in [0.05, 0.1) is 11.3 Å². The van der Waals surface area contributed by atoms with Gasteiger partial charge in [-0.25, -0.2) is 0 Å². The Labute approximate surface area is 96.5 Å². The van der Waals surface area contributed by atoms with Crippen molar-refractivity contribution in [3.63, 3.8) is 0 Å². The van der Waals surface area contributed by atoms with Gasteiger partial charge in [0.15, 0.2) is 0 Å². The molecule has 0 saturated heterocycles. The highest BCUT2D eigenvalue weighted by atomic mass is 14.9. The first-order valence-electron chi connectivity index (χ1n) is 5.67. The van der Waals surface area contributed by atoms with Crippen LogP contribution in [0.4, 0.5) is 5.69 Å². The molecular weight excluding hydrogens is 198 g/mol. The van der Waals surface area contributed by atoms with E-state index in [9.17, 15) is 0 Å². The van der Waals surface area contributed by atoms with Crippen molar-refractivity contribution >= 4 is 5.69 Å². The first-order valence-corrected chi connectivity index (χ1v) is 5.67. The molecule has 2 rings (SSSR count). The quantitative estimate of drug-likeness (QED) is 0.789. The van der Waals surface area contributed by atoms with E-state index in [2.05, 4.69) is 16.7 Å². The average Bonchev–Trinajstić information content (AvgIpc) is 3.08. The van der Waals surface area contributed by atoms with Crippen LogP contribution in [0, 0.1) is 16.7 Å². The van der Waals surface area contributed by atoms with E-state index in [0.717, 1.165) is 24.3 Å². The molecular formula is C13H17N3. The molecule has 0 amide bonds. The van der Waals surface area contributed by atoms with Crippen molar-refractivity contribution in [3.05, 3.63) is 29.8 Å². The van der Waals surface area contributed by atoms with E-state index in [1.807, 2.05) is 31.3 Å². The molecule has 84 valence electrons. The maximum Gasteiger partial charge on any atom is 0.101 e. The van der Waals surface area contributed by atoms with E-state index >= 15 is 0 Å².